The van der Waals surface area contributed by atoms with Gasteiger partial charge in [-0.1, -0.05) is 30.3 Å². The molecule has 0 N–H and O–H groups in total. The Labute approximate surface area is 182 Å². The quantitative estimate of drug-likeness (QED) is 0.313. The zero-order valence-electron chi connectivity index (χ0n) is 16.6. The molecule has 6 nitrogen and oxygen atoms in total. The van der Waals surface area contributed by atoms with Crippen molar-refractivity contribution in [3.05, 3.63) is 94.5 Å². The lowest BCUT2D eigenvalue weighted by Gasteiger charge is -2.12. The summed E-state index contributed by atoms with van der Waals surface area (Å²) in [7, 11) is 1.60. The molecular formula is C23H18FN3O3S. The largest absolute Gasteiger partial charge is 0.497 e. The number of nitrogens with zero attached hydrogens (tertiary/aromatic N) is 3. The van der Waals surface area contributed by atoms with Crippen molar-refractivity contribution in [3.63, 3.8) is 0 Å². The lowest BCUT2D eigenvalue weighted by atomic mass is 10.2. The predicted molar refractivity (Wildman–Crippen MR) is 119 cm³/mol. The molecule has 1 amide bonds. The fraction of sp³-hybridized carbons (Fsp3) is 0.0870. The number of amides is 1. The number of methoxy groups -OCH3 is 1. The van der Waals surface area contributed by atoms with Gasteiger partial charge >= 0.3 is 0 Å². The van der Waals surface area contributed by atoms with Crippen LogP contribution in [0.4, 0.5) is 4.39 Å². The maximum atomic E-state index is 13.8. The van der Waals surface area contributed by atoms with Crippen LogP contribution in [0.5, 0.6) is 5.75 Å². The topological polar surface area (TPSA) is 67.4 Å². The fourth-order valence-electron chi connectivity index (χ4n) is 2.85. The smallest absolute Gasteiger partial charge is 0.267 e. The van der Waals surface area contributed by atoms with E-state index in [9.17, 15) is 9.18 Å². The average molecular weight is 435 g/mol. The highest BCUT2D eigenvalue weighted by atomic mass is 32.2. The molecule has 2 heterocycles. The van der Waals surface area contributed by atoms with Crippen molar-refractivity contribution in [2.24, 2.45) is 10.2 Å². The van der Waals surface area contributed by atoms with E-state index in [0.717, 1.165) is 11.3 Å². The third-order valence-corrected chi connectivity index (χ3v) is 5.44. The van der Waals surface area contributed by atoms with Crippen LogP contribution in [-0.2, 0) is 11.3 Å². The summed E-state index contributed by atoms with van der Waals surface area (Å²) >= 11 is 1.20. The molecular weight excluding hydrogens is 417 g/mol. The molecule has 0 aliphatic carbocycles. The number of rotatable bonds is 6. The van der Waals surface area contributed by atoms with E-state index in [4.69, 9.17) is 9.15 Å². The van der Waals surface area contributed by atoms with E-state index in [-0.39, 0.29) is 12.5 Å². The number of benzene rings is 2. The Balaban J connectivity index is 1.61. The van der Waals surface area contributed by atoms with Gasteiger partial charge in [0, 0.05) is 5.56 Å². The molecule has 1 aliphatic heterocycles. The second-order valence-corrected chi connectivity index (χ2v) is 7.51. The molecule has 1 fully saturated rings. The van der Waals surface area contributed by atoms with Gasteiger partial charge in [0.05, 0.1) is 31.0 Å². The normalized spacial score (nSPS) is 16.7. The number of hydrogen-bond donors (Lipinski definition) is 0. The second kappa shape index (κ2) is 9.44. The van der Waals surface area contributed by atoms with Crippen molar-refractivity contribution in [2.45, 2.75) is 6.54 Å². The van der Waals surface area contributed by atoms with Gasteiger partial charge in [-0.15, -0.1) is 5.10 Å². The monoisotopic (exact) mass is 435 g/mol. The first-order chi connectivity index (χ1) is 15.1. The van der Waals surface area contributed by atoms with Gasteiger partial charge in [0.1, 0.15) is 17.3 Å². The summed E-state index contributed by atoms with van der Waals surface area (Å²) < 4.78 is 24.3. The van der Waals surface area contributed by atoms with Gasteiger partial charge in [-0.2, -0.15) is 5.10 Å². The van der Waals surface area contributed by atoms with Gasteiger partial charge in [0.15, 0.2) is 5.17 Å². The van der Waals surface area contributed by atoms with Crippen molar-refractivity contribution in [1.82, 2.24) is 4.90 Å². The van der Waals surface area contributed by atoms with Crippen LogP contribution in [0.1, 0.15) is 16.9 Å². The first-order valence-corrected chi connectivity index (χ1v) is 10.2. The molecule has 156 valence electrons. The van der Waals surface area contributed by atoms with Crippen LogP contribution in [-0.4, -0.2) is 29.3 Å². The van der Waals surface area contributed by atoms with E-state index in [1.165, 1.54) is 28.9 Å². The number of ether oxygens (including phenoxy) is 1. The van der Waals surface area contributed by atoms with Crippen LogP contribution < -0.4 is 4.74 Å². The molecule has 0 saturated carbocycles. The molecule has 8 heteroatoms. The standard InChI is InChI=1S/C23H18FN3O3S/c1-29-18-10-8-16(9-11-18)13-21-22(28)27(15-19-6-4-12-30-19)23(31-21)26-25-14-17-5-2-3-7-20(17)24/h2-14H,15H2,1H3/b21-13-,25-14-,26-23+. The summed E-state index contributed by atoms with van der Waals surface area (Å²) in [5.74, 6) is 0.744. The Bertz CT molecular complexity index is 1160. The number of hydrogen-bond acceptors (Lipinski definition) is 6. The summed E-state index contributed by atoms with van der Waals surface area (Å²) in [5.41, 5.74) is 1.17. The van der Waals surface area contributed by atoms with Gasteiger partial charge in [0.2, 0.25) is 0 Å². The first-order valence-electron chi connectivity index (χ1n) is 9.37. The molecule has 2 aromatic carbocycles. The molecule has 1 aromatic heterocycles. The van der Waals surface area contributed by atoms with E-state index in [2.05, 4.69) is 10.2 Å². The number of halogens is 1. The molecule has 0 radical (unpaired) electrons. The predicted octanol–water partition coefficient (Wildman–Crippen LogP) is 4.93. The molecule has 1 aliphatic rings. The Kier molecular flexibility index (Phi) is 6.28. The highest BCUT2D eigenvalue weighted by Crippen LogP contribution is 2.34. The summed E-state index contributed by atoms with van der Waals surface area (Å²) in [6.07, 6.45) is 4.65. The van der Waals surface area contributed by atoms with Crippen molar-refractivity contribution in [3.8, 4) is 5.75 Å². The highest BCUT2D eigenvalue weighted by Gasteiger charge is 2.34. The molecule has 31 heavy (non-hydrogen) atoms. The number of thioether (sulfide) groups is 1. The van der Waals surface area contributed by atoms with Crippen LogP contribution in [0.3, 0.4) is 0 Å². The maximum absolute atomic E-state index is 13.8. The zero-order chi connectivity index (χ0) is 21.6. The minimum atomic E-state index is -0.394. The number of carbonyl (C=O) groups excluding carboxylic acids is 1. The van der Waals surface area contributed by atoms with Gasteiger partial charge in [-0.25, -0.2) is 4.39 Å². The van der Waals surface area contributed by atoms with E-state index in [1.807, 2.05) is 24.3 Å². The molecule has 0 unspecified atom stereocenters. The van der Waals surface area contributed by atoms with E-state index in [1.54, 1.807) is 49.8 Å². The van der Waals surface area contributed by atoms with Crippen LogP contribution >= 0.6 is 11.8 Å². The molecule has 0 atom stereocenters. The van der Waals surface area contributed by atoms with Crippen molar-refractivity contribution < 1.29 is 18.3 Å². The van der Waals surface area contributed by atoms with E-state index < -0.39 is 5.82 Å². The summed E-state index contributed by atoms with van der Waals surface area (Å²) in [5, 5.41) is 8.56. The van der Waals surface area contributed by atoms with Gasteiger partial charge in [-0.05, 0) is 53.7 Å². The summed E-state index contributed by atoms with van der Waals surface area (Å²) in [6, 6.07) is 17.2. The lowest BCUT2D eigenvalue weighted by Crippen LogP contribution is -2.28. The zero-order valence-corrected chi connectivity index (χ0v) is 17.4. The third kappa shape index (κ3) is 4.92. The Morgan fingerprint density at radius 2 is 1.94 bits per heavy atom. The SMILES string of the molecule is COc1ccc(/C=C2\S/C(=N/N=C\c3ccccc3F)N(Cc3ccco3)C2=O)cc1. The van der Waals surface area contributed by atoms with Gasteiger partial charge in [-0.3, -0.25) is 9.69 Å². The van der Waals surface area contributed by atoms with Crippen molar-refractivity contribution in [1.29, 1.82) is 0 Å². The molecule has 3 aromatic rings. The fourth-order valence-corrected chi connectivity index (χ4v) is 3.79. The van der Waals surface area contributed by atoms with Crippen LogP contribution in [0, 0.1) is 5.82 Å². The van der Waals surface area contributed by atoms with Crippen molar-refractivity contribution in [2.75, 3.05) is 7.11 Å². The highest BCUT2D eigenvalue weighted by molar-refractivity contribution is 8.18. The number of furan rings is 1. The lowest BCUT2D eigenvalue weighted by molar-refractivity contribution is -0.122. The maximum Gasteiger partial charge on any atom is 0.267 e. The van der Waals surface area contributed by atoms with Gasteiger partial charge in [0.25, 0.3) is 5.91 Å². The Hall–Kier alpha value is -3.65. The minimum absolute atomic E-state index is 0.211. The van der Waals surface area contributed by atoms with E-state index >= 15 is 0 Å². The minimum Gasteiger partial charge on any atom is -0.497 e. The second-order valence-electron chi connectivity index (χ2n) is 6.50. The molecule has 1 saturated heterocycles. The van der Waals surface area contributed by atoms with Gasteiger partial charge < -0.3 is 9.15 Å². The van der Waals surface area contributed by atoms with E-state index in [0.29, 0.717) is 21.4 Å². The summed E-state index contributed by atoms with van der Waals surface area (Å²) in [4.78, 5) is 15.0. The molecule has 0 bridgehead atoms. The van der Waals surface area contributed by atoms with Crippen LogP contribution in [0.25, 0.3) is 6.08 Å². The Morgan fingerprint density at radius 3 is 2.65 bits per heavy atom. The number of amidine groups is 1. The summed E-state index contributed by atoms with van der Waals surface area (Å²) in [6.45, 7) is 0.215. The molecule has 0 spiro atoms. The first kappa shape index (κ1) is 20.6. The van der Waals surface area contributed by atoms with Crippen LogP contribution in [0.2, 0.25) is 0 Å². The average Bonchev–Trinajstić information content (AvgIpc) is 3.40. The van der Waals surface area contributed by atoms with Crippen molar-refractivity contribution >= 4 is 35.1 Å². The number of carbonyl (C=O) groups is 1. The Morgan fingerprint density at radius 1 is 1.13 bits per heavy atom. The van der Waals surface area contributed by atoms with Crippen LogP contribution in [0.15, 0.2) is 86.5 Å². The third-order valence-electron chi connectivity index (χ3n) is 4.44. The molecule has 4 rings (SSSR count).